The third-order valence-corrected chi connectivity index (χ3v) is 12.9. The Morgan fingerprint density at radius 2 is 1.89 bits per heavy atom. The Balaban J connectivity index is 1.32. The summed E-state index contributed by atoms with van der Waals surface area (Å²) in [6, 6.07) is 8.82. The van der Waals surface area contributed by atoms with E-state index in [1.165, 1.54) is 6.42 Å². The molecule has 1 unspecified atom stereocenters. The van der Waals surface area contributed by atoms with Gasteiger partial charge in [0.2, 0.25) is 5.91 Å². The van der Waals surface area contributed by atoms with E-state index in [4.69, 9.17) is 14.3 Å². The van der Waals surface area contributed by atoms with Gasteiger partial charge in [-0.1, -0.05) is 44.5 Å². The molecule has 302 valence electrons. The molecule has 4 N–H and O–H groups in total. The minimum Gasteiger partial charge on any atom is -0.496 e. The van der Waals surface area contributed by atoms with Gasteiger partial charge >= 0.3 is 0 Å². The van der Waals surface area contributed by atoms with Gasteiger partial charge in [-0.25, -0.2) is 0 Å². The molecule has 7 rings (SSSR count). The van der Waals surface area contributed by atoms with E-state index in [1.807, 2.05) is 59.1 Å². The van der Waals surface area contributed by atoms with Crippen molar-refractivity contribution in [2.75, 3.05) is 34.4 Å². The van der Waals surface area contributed by atoms with Crippen LogP contribution in [0.4, 0.5) is 0 Å². The zero-order valence-electron chi connectivity index (χ0n) is 34.6. The monoisotopic (exact) mass is 760 g/mol. The average Bonchev–Trinajstić information content (AvgIpc) is 3.63. The number of fused-ring (bicyclic) bond motifs is 3. The third-order valence-electron chi connectivity index (χ3n) is 12.9. The first kappa shape index (κ1) is 41.2. The molecular weight excluding hydrogens is 697 g/mol. The van der Waals surface area contributed by atoms with Crippen LogP contribution in [0.25, 0.3) is 11.1 Å². The molecule has 11 heteroatoms. The molecule has 9 atom stereocenters. The van der Waals surface area contributed by atoms with Gasteiger partial charge in [0.25, 0.3) is 5.91 Å². The number of hydrogen-bond acceptors (Lipinski definition) is 9. The molecule has 5 aliphatic rings. The van der Waals surface area contributed by atoms with E-state index in [0.717, 1.165) is 34.2 Å². The SMILES string of the molecule is C=C(C)C[C@@H](CN(C)C)NC(=O)c1cc(-c2cccc(CN3O[C@@H](CO)[C@@H]([C@H](C)O)[C@H]3C(=O)NC3C[C@H]4C[C@@H]([C@@H]3C)C4(C)C)c2OC)cc2c1OC(C)(C)C2. The van der Waals surface area contributed by atoms with Crippen molar-refractivity contribution in [3.63, 3.8) is 0 Å². The fourth-order valence-corrected chi connectivity index (χ4v) is 10.2. The Kier molecular flexibility index (Phi) is 11.8. The summed E-state index contributed by atoms with van der Waals surface area (Å²) >= 11 is 0. The second-order valence-corrected chi connectivity index (χ2v) is 18.4. The van der Waals surface area contributed by atoms with Gasteiger partial charge in [0.15, 0.2) is 0 Å². The summed E-state index contributed by atoms with van der Waals surface area (Å²) in [5.41, 5.74) is 4.50. The summed E-state index contributed by atoms with van der Waals surface area (Å²) in [5, 5.41) is 29.6. The topological polar surface area (TPSA) is 133 Å². The molecule has 2 amide bonds. The molecule has 4 fully saturated rings. The van der Waals surface area contributed by atoms with Gasteiger partial charge in [-0.3, -0.25) is 14.4 Å². The maximum Gasteiger partial charge on any atom is 0.255 e. The third kappa shape index (κ3) is 8.19. The van der Waals surface area contributed by atoms with Crippen molar-refractivity contribution in [3.05, 3.63) is 59.2 Å². The van der Waals surface area contributed by atoms with E-state index in [9.17, 15) is 19.8 Å². The molecule has 0 aromatic heterocycles. The number of nitrogens with one attached hydrogen (secondary N) is 2. The number of likely N-dealkylation sites (N-methyl/N-ethyl adjacent to an activating group) is 1. The minimum atomic E-state index is -0.905. The van der Waals surface area contributed by atoms with Crippen molar-refractivity contribution in [2.24, 2.45) is 29.1 Å². The van der Waals surface area contributed by atoms with Gasteiger partial charge in [-0.05, 0) is 107 Å². The van der Waals surface area contributed by atoms with Crippen LogP contribution < -0.4 is 20.1 Å². The molecule has 0 spiro atoms. The summed E-state index contributed by atoms with van der Waals surface area (Å²) in [7, 11) is 5.58. The van der Waals surface area contributed by atoms with Crippen molar-refractivity contribution in [1.29, 1.82) is 0 Å². The predicted octanol–water partition coefficient (Wildman–Crippen LogP) is 5.36. The number of para-hydroxylation sites is 1. The van der Waals surface area contributed by atoms with E-state index in [2.05, 4.69) is 49.0 Å². The van der Waals surface area contributed by atoms with Crippen molar-refractivity contribution in [1.82, 2.24) is 20.6 Å². The zero-order valence-corrected chi connectivity index (χ0v) is 34.6. The lowest BCUT2D eigenvalue weighted by Crippen LogP contribution is -2.62. The number of hydroxylamine groups is 2. The van der Waals surface area contributed by atoms with E-state index in [1.54, 1.807) is 19.1 Å². The highest BCUT2D eigenvalue weighted by atomic mass is 16.7. The number of carbonyl (C=O) groups excluding carboxylic acids is 2. The Labute approximate surface area is 327 Å². The second-order valence-electron chi connectivity index (χ2n) is 18.4. The highest BCUT2D eigenvalue weighted by molar-refractivity contribution is 5.99. The number of benzene rings is 2. The first-order valence-electron chi connectivity index (χ1n) is 20.0. The molecule has 1 saturated heterocycles. The summed E-state index contributed by atoms with van der Waals surface area (Å²) in [6.45, 7) is 19.1. The lowest BCUT2D eigenvalue weighted by atomic mass is 9.45. The first-order valence-corrected chi connectivity index (χ1v) is 20.0. The van der Waals surface area contributed by atoms with Crippen molar-refractivity contribution >= 4 is 11.8 Å². The number of aliphatic hydroxyl groups excluding tert-OH is 2. The van der Waals surface area contributed by atoms with Crippen LogP contribution in [0.15, 0.2) is 42.5 Å². The highest BCUT2D eigenvalue weighted by Gasteiger charge is 2.57. The molecule has 0 radical (unpaired) electrons. The average molecular weight is 761 g/mol. The van der Waals surface area contributed by atoms with Crippen molar-refractivity contribution < 1.29 is 34.1 Å². The summed E-state index contributed by atoms with van der Waals surface area (Å²) < 4.78 is 12.5. The summed E-state index contributed by atoms with van der Waals surface area (Å²) in [4.78, 5) is 36.8. The van der Waals surface area contributed by atoms with Crippen LogP contribution in [-0.4, -0.2) is 102 Å². The molecule has 2 bridgehead atoms. The predicted molar refractivity (Wildman–Crippen MR) is 214 cm³/mol. The molecule has 2 aliphatic heterocycles. The van der Waals surface area contributed by atoms with Gasteiger partial charge in [0.05, 0.1) is 31.9 Å². The smallest absolute Gasteiger partial charge is 0.255 e. The van der Waals surface area contributed by atoms with Crippen LogP contribution >= 0.6 is 0 Å². The molecule has 2 aromatic rings. The Hall–Kier alpha value is -3.48. The highest BCUT2D eigenvalue weighted by Crippen LogP contribution is 2.61. The standard InChI is InChI=1S/C44H64N4O7/c1-24(2)15-31(22-47(9)10)45-41(51)33-17-28(16-29-20-43(5,6)54-40(29)33)32-14-12-13-27(39(32)53-11)21-48-38(37(26(4)50)36(23-49)55-48)42(52)46-35-19-30-18-34(25(35)3)44(30,7)8/h12-14,16-17,25-26,30-31,34-38,49-50H,1,15,18-23H2,2-11H3,(H,45,51)(H,46,52)/t25-,26-,30+,31-,34-,35?,36-,37+,38-/m0/s1. The van der Waals surface area contributed by atoms with Gasteiger partial charge < -0.3 is 35.2 Å². The Morgan fingerprint density at radius 1 is 1.16 bits per heavy atom. The largest absolute Gasteiger partial charge is 0.496 e. The number of ether oxygens (including phenoxy) is 2. The zero-order chi connectivity index (χ0) is 40.1. The van der Waals surface area contributed by atoms with Crippen LogP contribution in [0.5, 0.6) is 11.5 Å². The molecule has 55 heavy (non-hydrogen) atoms. The summed E-state index contributed by atoms with van der Waals surface area (Å²) in [5.74, 6) is 1.55. The van der Waals surface area contributed by atoms with Gasteiger partial charge in [0, 0.05) is 42.1 Å². The van der Waals surface area contributed by atoms with Crippen LogP contribution in [0.1, 0.15) is 89.2 Å². The number of methoxy groups -OCH3 is 1. The van der Waals surface area contributed by atoms with E-state index < -0.39 is 29.8 Å². The minimum absolute atomic E-state index is 0.0333. The normalized spacial score (nSPS) is 28.8. The quantitative estimate of drug-likeness (QED) is 0.188. The van der Waals surface area contributed by atoms with Crippen LogP contribution in [0.3, 0.4) is 0 Å². The van der Waals surface area contributed by atoms with Crippen LogP contribution in [0.2, 0.25) is 0 Å². The molecular formula is C44H64N4O7. The Bertz CT molecular complexity index is 1770. The summed E-state index contributed by atoms with van der Waals surface area (Å²) in [6.07, 6.45) is 1.74. The van der Waals surface area contributed by atoms with Gasteiger partial charge in [0.1, 0.15) is 29.2 Å². The number of hydrogen-bond donors (Lipinski definition) is 4. The van der Waals surface area contributed by atoms with Crippen LogP contribution in [0, 0.1) is 29.1 Å². The van der Waals surface area contributed by atoms with E-state index >= 15 is 0 Å². The molecule has 11 nitrogen and oxygen atoms in total. The molecule has 3 saturated carbocycles. The molecule has 3 aliphatic carbocycles. The number of amides is 2. The first-order chi connectivity index (χ1) is 25.8. The lowest BCUT2D eigenvalue weighted by molar-refractivity contribution is -0.183. The van der Waals surface area contributed by atoms with Crippen LogP contribution in [-0.2, 0) is 22.6 Å². The second kappa shape index (κ2) is 15.8. The fourth-order valence-electron chi connectivity index (χ4n) is 10.2. The van der Waals surface area contributed by atoms with E-state index in [0.29, 0.717) is 54.2 Å². The lowest BCUT2D eigenvalue weighted by Gasteiger charge is -2.62. The maximum absolute atomic E-state index is 14.3. The molecule has 2 heterocycles. The van der Waals surface area contributed by atoms with Gasteiger partial charge in [-0.2, -0.15) is 5.06 Å². The number of rotatable bonds is 14. The fraction of sp³-hybridized carbons (Fsp3) is 0.636. The van der Waals surface area contributed by atoms with E-state index in [-0.39, 0.29) is 42.5 Å². The Morgan fingerprint density at radius 3 is 2.49 bits per heavy atom. The maximum atomic E-state index is 14.3. The molecule has 2 aromatic carbocycles. The van der Waals surface area contributed by atoms with Crippen molar-refractivity contribution in [3.8, 4) is 22.6 Å². The number of aliphatic hydroxyl groups is 2. The van der Waals surface area contributed by atoms with Gasteiger partial charge in [-0.15, -0.1) is 6.58 Å². The van der Waals surface area contributed by atoms with Crippen molar-refractivity contribution in [2.45, 2.75) is 117 Å². The number of carbonyl (C=O) groups is 2. The number of nitrogens with zero attached hydrogens (tertiary/aromatic N) is 2.